The molecular weight excluding hydrogens is 247 g/mol. The Bertz CT molecular complexity index is 595. The van der Waals surface area contributed by atoms with Gasteiger partial charge in [-0.15, -0.1) is 0 Å². The monoisotopic (exact) mass is 254 g/mol. The first-order valence-electron chi connectivity index (χ1n) is 4.74. The fourth-order valence-corrected chi connectivity index (χ4v) is 1.72. The van der Waals surface area contributed by atoms with E-state index in [1.807, 2.05) is 0 Å². The molecule has 1 aromatic heterocycles. The summed E-state index contributed by atoms with van der Waals surface area (Å²) in [6, 6.07) is 3.95. The first kappa shape index (κ1) is 11.6. The minimum Gasteiger partial charge on any atom is -0.478 e. The highest BCUT2D eigenvalue weighted by atomic mass is 35.5. The number of aryl methyl sites for hydroxylation is 1. The van der Waals surface area contributed by atoms with Crippen LogP contribution in [0.2, 0.25) is 5.02 Å². The molecule has 0 aliphatic heterocycles. The summed E-state index contributed by atoms with van der Waals surface area (Å²) in [5.74, 6) is -1.65. The van der Waals surface area contributed by atoms with E-state index in [0.717, 1.165) is 0 Å². The van der Waals surface area contributed by atoms with E-state index in [1.165, 1.54) is 18.2 Å². The summed E-state index contributed by atoms with van der Waals surface area (Å²) < 4.78 is 13.0. The molecule has 1 aromatic carbocycles. The second kappa shape index (κ2) is 4.18. The molecule has 0 bridgehead atoms. The summed E-state index contributed by atoms with van der Waals surface area (Å²) >= 11 is 5.64. The van der Waals surface area contributed by atoms with E-state index in [1.54, 1.807) is 6.92 Å². The lowest BCUT2D eigenvalue weighted by Crippen LogP contribution is -1.99. The normalized spacial score (nSPS) is 10.5. The summed E-state index contributed by atoms with van der Waals surface area (Å²) in [6.07, 6.45) is 0. The van der Waals surface area contributed by atoms with Crippen LogP contribution in [-0.4, -0.2) is 21.3 Å². The third kappa shape index (κ3) is 2.01. The van der Waals surface area contributed by atoms with E-state index >= 15 is 0 Å². The number of hydrogen-bond donors (Lipinski definition) is 2. The van der Waals surface area contributed by atoms with Crippen molar-refractivity contribution in [3.8, 4) is 11.3 Å². The highest BCUT2D eigenvalue weighted by Crippen LogP contribution is 2.27. The molecule has 6 heteroatoms. The van der Waals surface area contributed by atoms with Crippen LogP contribution in [0.5, 0.6) is 0 Å². The van der Waals surface area contributed by atoms with Crippen LogP contribution in [0.15, 0.2) is 18.2 Å². The molecule has 0 fully saturated rings. The van der Waals surface area contributed by atoms with E-state index in [2.05, 4.69) is 10.2 Å². The van der Waals surface area contributed by atoms with Gasteiger partial charge in [-0.25, -0.2) is 9.18 Å². The maximum Gasteiger partial charge on any atom is 0.339 e. The van der Waals surface area contributed by atoms with Gasteiger partial charge in [0.15, 0.2) is 0 Å². The van der Waals surface area contributed by atoms with Crippen molar-refractivity contribution in [2.45, 2.75) is 6.92 Å². The zero-order valence-corrected chi connectivity index (χ0v) is 9.55. The van der Waals surface area contributed by atoms with Gasteiger partial charge >= 0.3 is 5.97 Å². The summed E-state index contributed by atoms with van der Waals surface area (Å²) in [5, 5.41) is 15.5. The van der Waals surface area contributed by atoms with E-state index in [0.29, 0.717) is 11.3 Å². The second-order valence-electron chi connectivity index (χ2n) is 3.51. The Balaban J connectivity index is 2.60. The van der Waals surface area contributed by atoms with Crippen molar-refractivity contribution in [3.05, 3.63) is 40.3 Å². The maximum absolute atomic E-state index is 13.0. The lowest BCUT2D eigenvalue weighted by molar-refractivity contribution is 0.0697. The standard InChI is InChI=1S/C11H8ClFN2O2/c1-5-9(11(16)17)10(15-14-5)6-2-3-8(13)7(12)4-6/h2-4H,1H3,(H,14,15)(H,16,17). The molecule has 0 saturated carbocycles. The molecule has 0 saturated heterocycles. The second-order valence-corrected chi connectivity index (χ2v) is 3.91. The number of hydrogen-bond acceptors (Lipinski definition) is 2. The van der Waals surface area contributed by atoms with Crippen LogP contribution in [-0.2, 0) is 0 Å². The first-order chi connectivity index (χ1) is 8.00. The number of aromatic amines is 1. The van der Waals surface area contributed by atoms with Gasteiger partial charge in [0.1, 0.15) is 17.1 Å². The third-order valence-electron chi connectivity index (χ3n) is 2.35. The van der Waals surface area contributed by atoms with Crippen molar-refractivity contribution < 1.29 is 14.3 Å². The zero-order valence-electron chi connectivity index (χ0n) is 8.79. The molecule has 2 rings (SSSR count). The van der Waals surface area contributed by atoms with Crippen molar-refractivity contribution in [1.82, 2.24) is 10.2 Å². The molecule has 0 radical (unpaired) electrons. The van der Waals surface area contributed by atoms with Crippen molar-refractivity contribution in [2.75, 3.05) is 0 Å². The number of aromatic nitrogens is 2. The van der Waals surface area contributed by atoms with Crippen LogP contribution in [0.1, 0.15) is 16.1 Å². The molecule has 0 spiro atoms. The Morgan fingerprint density at radius 3 is 2.82 bits per heavy atom. The average Bonchev–Trinajstić information content (AvgIpc) is 2.64. The molecule has 0 aliphatic rings. The van der Waals surface area contributed by atoms with Crippen LogP contribution < -0.4 is 0 Å². The molecule has 0 unspecified atom stereocenters. The number of carboxylic acid groups (broad SMARTS) is 1. The number of carbonyl (C=O) groups is 1. The largest absolute Gasteiger partial charge is 0.478 e. The van der Waals surface area contributed by atoms with Crippen molar-refractivity contribution in [1.29, 1.82) is 0 Å². The van der Waals surface area contributed by atoms with E-state index in [9.17, 15) is 9.18 Å². The number of nitrogens with one attached hydrogen (secondary N) is 1. The van der Waals surface area contributed by atoms with E-state index in [4.69, 9.17) is 16.7 Å². The summed E-state index contributed by atoms with van der Waals surface area (Å²) in [7, 11) is 0. The number of H-pyrrole nitrogens is 1. The maximum atomic E-state index is 13.0. The first-order valence-corrected chi connectivity index (χ1v) is 5.12. The van der Waals surface area contributed by atoms with Crippen LogP contribution in [0.25, 0.3) is 11.3 Å². The predicted molar refractivity (Wildman–Crippen MR) is 60.7 cm³/mol. The predicted octanol–water partition coefficient (Wildman–Crippen LogP) is 2.88. The van der Waals surface area contributed by atoms with E-state index < -0.39 is 11.8 Å². The molecule has 2 aromatic rings. The highest BCUT2D eigenvalue weighted by molar-refractivity contribution is 6.31. The number of rotatable bonds is 2. The average molecular weight is 255 g/mol. The minimum absolute atomic E-state index is 0.0627. The van der Waals surface area contributed by atoms with Gasteiger partial charge in [-0.1, -0.05) is 11.6 Å². The number of aromatic carboxylic acids is 1. The summed E-state index contributed by atoms with van der Waals surface area (Å²) in [6.45, 7) is 1.60. The van der Waals surface area contributed by atoms with Gasteiger partial charge in [-0.3, -0.25) is 5.10 Å². The number of carboxylic acids is 1. The van der Waals surface area contributed by atoms with Crippen molar-refractivity contribution in [2.24, 2.45) is 0 Å². The van der Waals surface area contributed by atoms with Crippen LogP contribution in [0, 0.1) is 12.7 Å². The van der Waals surface area contributed by atoms with Crippen LogP contribution in [0.4, 0.5) is 4.39 Å². The van der Waals surface area contributed by atoms with Gasteiger partial charge in [0.05, 0.1) is 5.02 Å². The van der Waals surface area contributed by atoms with E-state index in [-0.39, 0.29) is 16.3 Å². The molecule has 0 amide bonds. The molecule has 2 N–H and O–H groups in total. The molecule has 17 heavy (non-hydrogen) atoms. The van der Waals surface area contributed by atoms with Gasteiger partial charge < -0.3 is 5.11 Å². The van der Waals surface area contributed by atoms with Gasteiger partial charge in [0.25, 0.3) is 0 Å². The van der Waals surface area contributed by atoms with Gasteiger partial charge in [0.2, 0.25) is 0 Å². The fourth-order valence-electron chi connectivity index (χ4n) is 1.54. The van der Waals surface area contributed by atoms with Crippen LogP contribution in [0.3, 0.4) is 0 Å². The molecular formula is C11H8ClFN2O2. The fraction of sp³-hybridized carbons (Fsp3) is 0.0909. The SMILES string of the molecule is Cc1[nH]nc(-c2ccc(F)c(Cl)c2)c1C(=O)O. The van der Waals surface area contributed by atoms with Crippen molar-refractivity contribution >= 4 is 17.6 Å². The third-order valence-corrected chi connectivity index (χ3v) is 2.64. The molecule has 4 nitrogen and oxygen atoms in total. The van der Waals surface area contributed by atoms with Crippen molar-refractivity contribution in [3.63, 3.8) is 0 Å². The molecule has 0 aliphatic carbocycles. The minimum atomic E-state index is -1.09. The lowest BCUT2D eigenvalue weighted by Gasteiger charge is -2.01. The zero-order chi connectivity index (χ0) is 12.6. The quantitative estimate of drug-likeness (QED) is 0.866. The molecule has 88 valence electrons. The van der Waals surface area contributed by atoms with Gasteiger partial charge in [-0.2, -0.15) is 5.10 Å². The Kier molecular flexibility index (Phi) is 2.85. The number of nitrogens with zero attached hydrogens (tertiary/aromatic N) is 1. The van der Waals surface area contributed by atoms with Gasteiger partial charge in [-0.05, 0) is 25.1 Å². The summed E-state index contributed by atoms with van der Waals surface area (Å²) in [4.78, 5) is 11.1. The van der Waals surface area contributed by atoms with Crippen LogP contribution >= 0.6 is 11.6 Å². The molecule has 1 heterocycles. The topological polar surface area (TPSA) is 66.0 Å². The van der Waals surface area contributed by atoms with Gasteiger partial charge in [0, 0.05) is 11.3 Å². The Morgan fingerprint density at radius 1 is 1.53 bits per heavy atom. The highest BCUT2D eigenvalue weighted by Gasteiger charge is 2.19. The summed E-state index contributed by atoms with van der Waals surface area (Å²) in [5.41, 5.74) is 1.20. The molecule has 0 atom stereocenters. The number of benzene rings is 1. The smallest absolute Gasteiger partial charge is 0.339 e. The Hall–Kier alpha value is -1.88. The lowest BCUT2D eigenvalue weighted by atomic mass is 10.1. The number of halogens is 2. The Morgan fingerprint density at radius 2 is 2.24 bits per heavy atom. The Labute approximate surface area is 101 Å².